The summed E-state index contributed by atoms with van der Waals surface area (Å²) in [4.78, 5) is 36.0. The highest BCUT2D eigenvalue weighted by Crippen LogP contribution is 2.20. The molecule has 8 heteroatoms. The van der Waals surface area contributed by atoms with Crippen molar-refractivity contribution in [3.63, 3.8) is 0 Å². The van der Waals surface area contributed by atoms with Crippen molar-refractivity contribution in [1.82, 2.24) is 24.8 Å². The zero-order chi connectivity index (χ0) is 29.2. The number of hydrogen-bond donors (Lipinski definition) is 1. The number of amides is 3. The molecule has 3 amide bonds. The van der Waals surface area contributed by atoms with Crippen LogP contribution >= 0.6 is 0 Å². The lowest BCUT2D eigenvalue weighted by Crippen LogP contribution is -2.49. The number of nitrogens with one attached hydrogen (secondary N) is 1. The summed E-state index contributed by atoms with van der Waals surface area (Å²) in [6, 6.07) is 0.234. The molecule has 0 radical (unpaired) electrons. The van der Waals surface area contributed by atoms with Gasteiger partial charge in [0.25, 0.3) is 0 Å². The van der Waals surface area contributed by atoms with Gasteiger partial charge in [0.15, 0.2) is 0 Å². The Morgan fingerprint density at radius 2 is 1.56 bits per heavy atom. The number of hydrogen-bond acceptors (Lipinski definition) is 4. The van der Waals surface area contributed by atoms with Crippen LogP contribution in [0.15, 0.2) is 18.7 Å². The van der Waals surface area contributed by atoms with Crippen molar-refractivity contribution in [2.75, 3.05) is 26.2 Å². The predicted octanol–water partition coefficient (Wildman–Crippen LogP) is 7.88. The van der Waals surface area contributed by atoms with E-state index in [4.69, 9.17) is 4.84 Å². The minimum absolute atomic E-state index is 0.0586. The smallest absolute Gasteiger partial charge is 0.317 e. The molecule has 236 valence electrons. The molecule has 2 rings (SSSR count). The van der Waals surface area contributed by atoms with E-state index in [0.29, 0.717) is 13.2 Å². The van der Waals surface area contributed by atoms with Crippen LogP contribution in [0, 0.1) is 0 Å². The Labute approximate surface area is 250 Å². The molecule has 2 heterocycles. The van der Waals surface area contributed by atoms with Crippen LogP contribution in [0.1, 0.15) is 142 Å². The molecule has 0 aromatic carbocycles. The largest absolute Gasteiger partial charge is 0.338 e. The lowest BCUT2D eigenvalue weighted by Gasteiger charge is -2.36. The maximum absolute atomic E-state index is 12.9. The van der Waals surface area contributed by atoms with Crippen LogP contribution in [-0.4, -0.2) is 64.2 Å². The molecule has 1 aromatic rings. The first-order valence-electron chi connectivity index (χ1n) is 17.1. The van der Waals surface area contributed by atoms with Gasteiger partial charge in [0.05, 0.1) is 19.5 Å². The third-order valence-corrected chi connectivity index (χ3v) is 8.37. The highest BCUT2D eigenvalue weighted by molar-refractivity contribution is 5.74. The van der Waals surface area contributed by atoms with Crippen molar-refractivity contribution in [3.05, 3.63) is 18.7 Å². The van der Waals surface area contributed by atoms with Crippen LogP contribution in [0.4, 0.5) is 4.79 Å². The van der Waals surface area contributed by atoms with Crippen LogP contribution in [0.25, 0.3) is 0 Å². The molecule has 1 aromatic heterocycles. The van der Waals surface area contributed by atoms with Crippen molar-refractivity contribution in [3.8, 4) is 0 Å². The van der Waals surface area contributed by atoms with Gasteiger partial charge in [-0.15, -0.1) is 0 Å². The van der Waals surface area contributed by atoms with Crippen LogP contribution in [0.5, 0.6) is 0 Å². The van der Waals surface area contributed by atoms with E-state index in [0.717, 1.165) is 64.6 Å². The Bertz CT molecular complexity index is 745. The zero-order valence-corrected chi connectivity index (χ0v) is 26.3. The van der Waals surface area contributed by atoms with Gasteiger partial charge < -0.3 is 14.8 Å². The third kappa shape index (κ3) is 17.5. The summed E-state index contributed by atoms with van der Waals surface area (Å²) in [6.07, 6.45) is 32.6. The number of imidazole rings is 1. The molecule has 1 unspecified atom stereocenters. The average molecular weight is 576 g/mol. The number of aromatic nitrogens is 2. The summed E-state index contributed by atoms with van der Waals surface area (Å²) < 4.78 is 1.99. The Balaban J connectivity index is 1.43. The van der Waals surface area contributed by atoms with E-state index in [9.17, 15) is 9.59 Å². The Morgan fingerprint density at radius 3 is 2.15 bits per heavy atom. The minimum Gasteiger partial charge on any atom is -0.338 e. The Kier molecular flexibility index (Phi) is 21.0. The minimum atomic E-state index is 0.0586. The summed E-state index contributed by atoms with van der Waals surface area (Å²) in [7, 11) is 0. The molecule has 1 aliphatic heterocycles. The van der Waals surface area contributed by atoms with Crippen molar-refractivity contribution in [1.29, 1.82) is 0 Å². The number of urea groups is 1. The van der Waals surface area contributed by atoms with Crippen LogP contribution in [-0.2, 0) is 16.2 Å². The van der Waals surface area contributed by atoms with E-state index in [1.165, 1.54) is 101 Å². The monoisotopic (exact) mass is 575 g/mol. The highest BCUT2D eigenvalue weighted by Gasteiger charge is 2.26. The lowest BCUT2D eigenvalue weighted by molar-refractivity contribution is -0.174. The zero-order valence-electron chi connectivity index (χ0n) is 26.3. The van der Waals surface area contributed by atoms with Crippen molar-refractivity contribution < 1.29 is 14.4 Å². The van der Waals surface area contributed by atoms with E-state index in [1.807, 2.05) is 15.7 Å². The number of likely N-dealkylation sites (tertiary alicyclic amines) is 1. The van der Waals surface area contributed by atoms with Gasteiger partial charge in [-0.1, -0.05) is 103 Å². The number of nitrogens with zero attached hydrogens (tertiary/aromatic N) is 4. The molecule has 1 N–H and O–H groups in total. The van der Waals surface area contributed by atoms with Gasteiger partial charge in [-0.3, -0.25) is 9.63 Å². The quantitative estimate of drug-likeness (QED) is 0.0692. The Morgan fingerprint density at radius 1 is 0.927 bits per heavy atom. The lowest BCUT2D eigenvalue weighted by atomic mass is 10.00. The molecule has 1 saturated heterocycles. The van der Waals surface area contributed by atoms with Gasteiger partial charge in [0.1, 0.15) is 0 Å². The number of carbonyl (C=O) groups is 2. The fourth-order valence-electron chi connectivity index (χ4n) is 5.82. The molecule has 41 heavy (non-hydrogen) atoms. The summed E-state index contributed by atoms with van der Waals surface area (Å²) >= 11 is 0. The predicted molar refractivity (Wildman–Crippen MR) is 167 cm³/mol. The summed E-state index contributed by atoms with van der Waals surface area (Å²) in [5.41, 5.74) is 0. The number of hydroxylamine groups is 2. The number of piperidine rings is 1. The second-order valence-electron chi connectivity index (χ2n) is 11.9. The SMILES string of the molecule is CCCCCCCCCCCCCCCCCCNC(=O)N1CCCCC1CCON(C=O)CCCn1ccnc1. The Hall–Kier alpha value is -2.09. The van der Waals surface area contributed by atoms with E-state index < -0.39 is 0 Å². The van der Waals surface area contributed by atoms with Gasteiger partial charge in [-0.2, -0.15) is 0 Å². The summed E-state index contributed by atoms with van der Waals surface area (Å²) in [5, 5.41) is 4.53. The van der Waals surface area contributed by atoms with Gasteiger partial charge in [-0.25, -0.2) is 14.8 Å². The van der Waals surface area contributed by atoms with Gasteiger partial charge >= 0.3 is 6.03 Å². The molecule has 0 aliphatic carbocycles. The molecular formula is C33H61N5O3. The maximum Gasteiger partial charge on any atom is 0.317 e. The second-order valence-corrected chi connectivity index (χ2v) is 11.9. The molecule has 1 aliphatic rings. The van der Waals surface area contributed by atoms with E-state index >= 15 is 0 Å². The third-order valence-electron chi connectivity index (χ3n) is 8.37. The van der Waals surface area contributed by atoms with Gasteiger partial charge in [0, 0.05) is 38.1 Å². The fraction of sp³-hybridized carbons (Fsp3) is 0.848. The maximum atomic E-state index is 12.9. The summed E-state index contributed by atoms with van der Waals surface area (Å²) in [5.74, 6) is 0. The molecule has 0 spiro atoms. The normalized spacial score (nSPS) is 15.2. The topological polar surface area (TPSA) is 79.7 Å². The molecule has 8 nitrogen and oxygen atoms in total. The molecule has 1 fully saturated rings. The fourth-order valence-corrected chi connectivity index (χ4v) is 5.82. The number of unbranched alkanes of at least 4 members (excludes halogenated alkanes) is 15. The number of rotatable bonds is 26. The molecule has 1 atom stereocenters. The van der Waals surface area contributed by atoms with Crippen LogP contribution < -0.4 is 5.32 Å². The number of aryl methyl sites for hydroxylation is 1. The summed E-state index contributed by atoms with van der Waals surface area (Å²) in [6.45, 7) is 5.62. The van der Waals surface area contributed by atoms with Crippen molar-refractivity contribution in [2.45, 2.75) is 154 Å². The van der Waals surface area contributed by atoms with Crippen molar-refractivity contribution >= 4 is 12.4 Å². The first-order valence-corrected chi connectivity index (χ1v) is 17.1. The molecule has 0 bridgehead atoms. The van der Waals surface area contributed by atoms with E-state index in [1.54, 1.807) is 12.5 Å². The van der Waals surface area contributed by atoms with Crippen LogP contribution in [0.3, 0.4) is 0 Å². The standard InChI is InChI=1S/C33H61N5O3/c1-2-3-4-5-6-7-8-9-10-11-12-13-14-15-16-18-23-35-33(40)38-27-19-17-21-32(38)22-29-41-37(31-39)26-20-25-36-28-24-34-30-36/h24,28,30-32H,2-23,25-27,29H2,1H3,(H,35,40). The molecule has 0 saturated carbocycles. The first-order chi connectivity index (χ1) is 20.2. The second kappa shape index (κ2) is 24.5. The number of carbonyl (C=O) groups excluding carboxylic acids is 2. The van der Waals surface area contributed by atoms with Gasteiger partial charge in [-0.05, 0) is 38.5 Å². The molecular weight excluding hydrogens is 514 g/mol. The highest BCUT2D eigenvalue weighted by atomic mass is 16.7. The first kappa shape index (κ1) is 35.1. The average Bonchev–Trinajstić information content (AvgIpc) is 3.51. The van der Waals surface area contributed by atoms with E-state index in [2.05, 4.69) is 17.2 Å². The van der Waals surface area contributed by atoms with Gasteiger partial charge in [0.2, 0.25) is 6.41 Å². The van der Waals surface area contributed by atoms with E-state index in [-0.39, 0.29) is 12.1 Å². The van der Waals surface area contributed by atoms with Crippen molar-refractivity contribution in [2.24, 2.45) is 0 Å². The van der Waals surface area contributed by atoms with Crippen LogP contribution in [0.2, 0.25) is 0 Å².